The molecule has 0 aliphatic heterocycles. The van der Waals surface area contributed by atoms with Gasteiger partial charge in [0.2, 0.25) is 0 Å². The van der Waals surface area contributed by atoms with Crippen LogP contribution < -0.4 is 0 Å². The molecule has 17 heavy (non-hydrogen) atoms. The first-order valence-corrected chi connectivity index (χ1v) is 6.05. The molecule has 0 spiro atoms. The monoisotopic (exact) mass is 230 g/mol. The topological polar surface area (TPSA) is 29.5 Å². The first kappa shape index (κ1) is 12.1. The summed E-state index contributed by atoms with van der Waals surface area (Å²) in [5, 5.41) is 12.4. The van der Waals surface area contributed by atoms with Gasteiger partial charge in [-0.25, -0.2) is 0 Å². The fourth-order valence-electron chi connectivity index (χ4n) is 1.92. The Kier molecular flexibility index (Phi) is 4.13. The molecule has 1 N–H and O–H groups in total. The Bertz CT molecular complexity index is 479. The van der Waals surface area contributed by atoms with E-state index in [9.17, 15) is 5.11 Å². The van der Waals surface area contributed by atoms with Crippen molar-refractivity contribution in [3.8, 4) is 0 Å². The quantitative estimate of drug-likeness (QED) is 0.799. The molecule has 0 aliphatic rings. The summed E-state index contributed by atoms with van der Waals surface area (Å²) in [5.74, 6) is 0. The van der Waals surface area contributed by atoms with Crippen LogP contribution in [0.15, 0.2) is 42.5 Å². The summed E-state index contributed by atoms with van der Waals surface area (Å²) in [7, 11) is 0. The molecule has 0 saturated heterocycles. The normalized spacial score (nSPS) is 12.8. The summed E-state index contributed by atoms with van der Waals surface area (Å²) in [4.78, 5) is 0. The maximum absolute atomic E-state index is 10.0. The molecule has 1 unspecified atom stereocenters. The maximum Gasteiger partial charge on any atom is 0.0812 e. The van der Waals surface area contributed by atoms with E-state index >= 15 is 0 Å². The third-order valence-electron chi connectivity index (χ3n) is 2.90. The largest absolute Gasteiger partial charge is 0.388 e. The molecule has 0 heterocycles. The molecule has 1 atom stereocenters. The molecular formula is C15H18O2. The van der Waals surface area contributed by atoms with Crippen LogP contribution in [0.3, 0.4) is 0 Å². The molecule has 90 valence electrons. The molecule has 0 bridgehead atoms. The zero-order valence-corrected chi connectivity index (χ0v) is 10.1. The lowest BCUT2D eigenvalue weighted by Gasteiger charge is -2.11. The number of hydrogen-bond acceptors (Lipinski definition) is 2. The van der Waals surface area contributed by atoms with Crippen LogP contribution in [-0.2, 0) is 4.74 Å². The van der Waals surface area contributed by atoms with E-state index in [0.717, 1.165) is 5.56 Å². The van der Waals surface area contributed by atoms with Crippen LogP contribution in [0.4, 0.5) is 0 Å². The van der Waals surface area contributed by atoms with Crippen molar-refractivity contribution in [3.05, 3.63) is 48.0 Å². The first-order chi connectivity index (χ1) is 8.31. The Hall–Kier alpha value is -1.38. The lowest BCUT2D eigenvalue weighted by molar-refractivity contribution is 0.0887. The van der Waals surface area contributed by atoms with Crippen molar-refractivity contribution in [3.63, 3.8) is 0 Å². The van der Waals surface area contributed by atoms with Gasteiger partial charge in [-0.3, -0.25) is 0 Å². The van der Waals surface area contributed by atoms with Crippen molar-refractivity contribution in [2.24, 2.45) is 0 Å². The summed E-state index contributed by atoms with van der Waals surface area (Å²) in [5.41, 5.74) is 0.961. The van der Waals surface area contributed by atoms with E-state index in [1.54, 1.807) is 0 Å². The number of aliphatic hydroxyl groups excluding tert-OH is 1. The van der Waals surface area contributed by atoms with E-state index in [2.05, 4.69) is 18.2 Å². The molecule has 0 aromatic heterocycles. The van der Waals surface area contributed by atoms with Gasteiger partial charge in [0.1, 0.15) is 0 Å². The van der Waals surface area contributed by atoms with Gasteiger partial charge in [0.25, 0.3) is 0 Å². The minimum absolute atomic E-state index is 0.439. The van der Waals surface area contributed by atoms with Crippen LogP contribution in [-0.4, -0.2) is 18.3 Å². The third-order valence-corrected chi connectivity index (χ3v) is 2.90. The SMILES string of the molecule is CCOCCC(O)c1ccc2ccccc2c1. The van der Waals surface area contributed by atoms with Crippen molar-refractivity contribution < 1.29 is 9.84 Å². The van der Waals surface area contributed by atoms with Gasteiger partial charge in [0.15, 0.2) is 0 Å². The zero-order valence-electron chi connectivity index (χ0n) is 10.1. The van der Waals surface area contributed by atoms with Crippen molar-refractivity contribution in [1.82, 2.24) is 0 Å². The summed E-state index contributed by atoms with van der Waals surface area (Å²) >= 11 is 0. The molecular weight excluding hydrogens is 212 g/mol. The minimum Gasteiger partial charge on any atom is -0.388 e. The van der Waals surface area contributed by atoms with Crippen molar-refractivity contribution in [1.29, 1.82) is 0 Å². The highest BCUT2D eigenvalue weighted by Gasteiger charge is 2.07. The maximum atomic E-state index is 10.0. The molecule has 0 radical (unpaired) electrons. The average molecular weight is 230 g/mol. The molecule has 0 aliphatic carbocycles. The third kappa shape index (κ3) is 3.05. The van der Waals surface area contributed by atoms with Crippen molar-refractivity contribution >= 4 is 10.8 Å². The molecule has 0 amide bonds. The van der Waals surface area contributed by atoms with E-state index in [4.69, 9.17) is 4.74 Å². The lowest BCUT2D eigenvalue weighted by Crippen LogP contribution is -2.03. The van der Waals surface area contributed by atoms with Gasteiger partial charge >= 0.3 is 0 Å². The number of fused-ring (bicyclic) bond motifs is 1. The van der Waals surface area contributed by atoms with E-state index in [1.807, 2.05) is 31.2 Å². The van der Waals surface area contributed by atoms with Crippen molar-refractivity contribution in [2.75, 3.05) is 13.2 Å². The minimum atomic E-state index is -0.439. The van der Waals surface area contributed by atoms with Crippen LogP contribution in [0.1, 0.15) is 25.0 Å². The van der Waals surface area contributed by atoms with Gasteiger partial charge in [-0.05, 0) is 29.3 Å². The average Bonchev–Trinajstić information content (AvgIpc) is 2.38. The summed E-state index contributed by atoms with van der Waals surface area (Å²) in [6.07, 6.45) is 0.206. The Morgan fingerprint density at radius 1 is 1.12 bits per heavy atom. The molecule has 2 aromatic rings. The fourth-order valence-corrected chi connectivity index (χ4v) is 1.92. The fraction of sp³-hybridized carbons (Fsp3) is 0.333. The second-order valence-corrected chi connectivity index (χ2v) is 4.11. The highest BCUT2D eigenvalue weighted by atomic mass is 16.5. The number of rotatable bonds is 5. The predicted molar refractivity (Wildman–Crippen MR) is 70.0 cm³/mol. The Morgan fingerprint density at radius 3 is 2.65 bits per heavy atom. The van der Waals surface area contributed by atoms with Crippen LogP contribution in [0, 0.1) is 0 Å². The lowest BCUT2D eigenvalue weighted by atomic mass is 10.0. The van der Waals surface area contributed by atoms with Gasteiger partial charge < -0.3 is 9.84 Å². The van der Waals surface area contributed by atoms with Crippen LogP contribution in [0.2, 0.25) is 0 Å². The van der Waals surface area contributed by atoms with Crippen LogP contribution in [0.25, 0.3) is 10.8 Å². The summed E-state index contributed by atoms with van der Waals surface area (Å²) < 4.78 is 5.25. The highest BCUT2D eigenvalue weighted by molar-refractivity contribution is 5.83. The molecule has 2 nitrogen and oxygen atoms in total. The molecule has 2 aromatic carbocycles. The Morgan fingerprint density at radius 2 is 1.88 bits per heavy atom. The number of benzene rings is 2. The standard InChI is InChI=1S/C15H18O2/c1-2-17-10-9-15(16)14-8-7-12-5-3-4-6-13(12)11-14/h3-8,11,15-16H,2,9-10H2,1H3. The zero-order chi connectivity index (χ0) is 12.1. The first-order valence-electron chi connectivity index (χ1n) is 6.05. The van der Waals surface area contributed by atoms with Gasteiger partial charge in [-0.1, -0.05) is 36.4 Å². The second-order valence-electron chi connectivity index (χ2n) is 4.11. The molecule has 2 heteroatoms. The van der Waals surface area contributed by atoms with Gasteiger partial charge in [0, 0.05) is 19.6 Å². The summed E-state index contributed by atoms with van der Waals surface area (Å²) in [6.45, 7) is 3.26. The number of hydrogen-bond donors (Lipinski definition) is 1. The molecule has 2 rings (SSSR count). The van der Waals surface area contributed by atoms with Gasteiger partial charge in [-0.2, -0.15) is 0 Å². The van der Waals surface area contributed by atoms with E-state index < -0.39 is 6.10 Å². The Balaban J connectivity index is 2.12. The van der Waals surface area contributed by atoms with Crippen molar-refractivity contribution in [2.45, 2.75) is 19.4 Å². The van der Waals surface area contributed by atoms with Gasteiger partial charge in [0.05, 0.1) is 6.10 Å². The van der Waals surface area contributed by atoms with E-state index in [1.165, 1.54) is 10.8 Å². The smallest absolute Gasteiger partial charge is 0.0812 e. The molecule has 0 fully saturated rings. The molecule has 0 saturated carbocycles. The van der Waals surface area contributed by atoms with Crippen LogP contribution in [0.5, 0.6) is 0 Å². The van der Waals surface area contributed by atoms with E-state index in [0.29, 0.717) is 19.6 Å². The van der Waals surface area contributed by atoms with Gasteiger partial charge in [-0.15, -0.1) is 0 Å². The number of ether oxygens (including phenoxy) is 1. The second kappa shape index (κ2) is 5.80. The van der Waals surface area contributed by atoms with E-state index in [-0.39, 0.29) is 0 Å². The predicted octanol–water partition coefficient (Wildman–Crippen LogP) is 3.30. The Labute approximate surface area is 102 Å². The van der Waals surface area contributed by atoms with Crippen LogP contribution >= 0.6 is 0 Å². The summed E-state index contributed by atoms with van der Waals surface area (Å²) in [6, 6.07) is 14.3. The highest BCUT2D eigenvalue weighted by Crippen LogP contribution is 2.22. The number of aliphatic hydroxyl groups is 1.